The van der Waals surface area contributed by atoms with Gasteiger partial charge in [-0.2, -0.15) is 13.2 Å². The monoisotopic (exact) mass is 553 g/mol. The summed E-state index contributed by atoms with van der Waals surface area (Å²) in [6, 6.07) is 18.3. The molecule has 0 radical (unpaired) electrons. The number of rotatable bonds is 8. The summed E-state index contributed by atoms with van der Waals surface area (Å²) in [6.45, 7) is 8.25. The average Bonchev–Trinajstić information content (AvgIpc) is 3.20. The summed E-state index contributed by atoms with van der Waals surface area (Å²) >= 11 is 0. The van der Waals surface area contributed by atoms with Crippen LogP contribution in [0.15, 0.2) is 66.7 Å². The van der Waals surface area contributed by atoms with Crippen molar-refractivity contribution in [2.24, 2.45) is 0 Å². The number of carbonyl (C=O) groups is 2. The number of benzene rings is 3. The minimum absolute atomic E-state index is 0.0605. The molecule has 40 heavy (non-hydrogen) atoms. The van der Waals surface area contributed by atoms with Crippen molar-refractivity contribution < 1.29 is 32.6 Å². The molecule has 0 bridgehead atoms. The first-order valence-electron chi connectivity index (χ1n) is 13.2. The average molecular weight is 554 g/mol. The number of aliphatic carboxylic acids is 1. The fourth-order valence-electron chi connectivity index (χ4n) is 5.04. The molecule has 5 nitrogen and oxygen atoms in total. The predicted molar refractivity (Wildman–Crippen MR) is 146 cm³/mol. The lowest BCUT2D eigenvalue weighted by Gasteiger charge is -2.25. The maximum atomic E-state index is 13.5. The van der Waals surface area contributed by atoms with Crippen LogP contribution in [0, 0.1) is 0 Å². The van der Waals surface area contributed by atoms with Gasteiger partial charge in [0.2, 0.25) is 0 Å². The third-order valence-corrected chi connectivity index (χ3v) is 7.14. The Balaban J connectivity index is 1.52. The van der Waals surface area contributed by atoms with E-state index >= 15 is 0 Å². The zero-order chi connectivity index (χ0) is 29.3. The number of halogens is 3. The summed E-state index contributed by atoms with van der Waals surface area (Å²) in [5, 5.41) is 9.19. The van der Waals surface area contributed by atoms with Gasteiger partial charge in [-0.05, 0) is 64.9 Å². The van der Waals surface area contributed by atoms with E-state index in [4.69, 9.17) is 4.74 Å². The van der Waals surface area contributed by atoms with E-state index in [1.54, 1.807) is 18.2 Å². The van der Waals surface area contributed by atoms with Crippen LogP contribution in [0.1, 0.15) is 72.3 Å². The first-order chi connectivity index (χ1) is 18.6. The number of carbonyl (C=O) groups excluding carboxylic acids is 1. The third kappa shape index (κ3) is 7.03. The van der Waals surface area contributed by atoms with E-state index in [1.807, 2.05) is 6.92 Å². The van der Waals surface area contributed by atoms with Crippen LogP contribution in [0.3, 0.4) is 0 Å². The molecule has 0 spiro atoms. The molecule has 1 heterocycles. The van der Waals surface area contributed by atoms with Crippen LogP contribution in [-0.2, 0) is 35.8 Å². The highest BCUT2D eigenvalue weighted by Crippen LogP contribution is 2.38. The van der Waals surface area contributed by atoms with Crippen LogP contribution in [0.4, 0.5) is 13.2 Å². The molecule has 1 aliphatic heterocycles. The molecular weight excluding hydrogens is 519 g/mol. The summed E-state index contributed by atoms with van der Waals surface area (Å²) in [5.74, 6) is -0.872. The van der Waals surface area contributed by atoms with Crippen molar-refractivity contribution in [2.45, 2.75) is 70.7 Å². The van der Waals surface area contributed by atoms with Gasteiger partial charge in [0.15, 0.2) is 0 Å². The molecular formula is C32H34F3NO4. The van der Waals surface area contributed by atoms with Crippen molar-refractivity contribution >= 4 is 11.9 Å². The summed E-state index contributed by atoms with van der Waals surface area (Å²) < 4.78 is 45.9. The lowest BCUT2D eigenvalue weighted by atomic mass is 9.85. The van der Waals surface area contributed by atoms with Crippen LogP contribution >= 0.6 is 0 Å². The molecule has 0 aromatic heterocycles. The number of hydrogen-bond acceptors (Lipinski definition) is 3. The Morgan fingerprint density at radius 2 is 1.65 bits per heavy atom. The number of amides is 1. The van der Waals surface area contributed by atoms with Gasteiger partial charge in [-0.3, -0.25) is 9.59 Å². The maximum absolute atomic E-state index is 13.5. The third-order valence-electron chi connectivity index (χ3n) is 7.14. The van der Waals surface area contributed by atoms with Crippen LogP contribution < -0.4 is 4.74 Å². The van der Waals surface area contributed by atoms with Crippen molar-refractivity contribution in [3.8, 4) is 5.75 Å². The Kier molecular flexibility index (Phi) is 8.01. The van der Waals surface area contributed by atoms with Crippen LogP contribution in [-0.4, -0.2) is 34.0 Å². The lowest BCUT2D eigenvalue weighted by molar-refractivity contribution is -0.138. The minimum atomic E-state index is -4.52. The van der Waals surface area contributed by atoms with Crippen LogP contribution in [0.2, 0.25) is 0 Å². The standard InChI is InChI=1S/C32H34F3NO4/c1-30(2,3)25-11-8-21(9-12-25)18-31(4)19-24-17-23(10-13-27(24)40-31)29(39)36(15-14-28(37)38)20-22-6-5-7-26(16-22)32(33,34)35/h5-13,16-17H,14-15,18-20H2,1-4H3,(H,37,38). The number of hydrogen-bond donors (Lipinski definition) is 1. The number of carboxylic acid groups (broad SMARTS) is 1. The summed E-state index contributed by atoms with van der Waals surface area (Å²) in [6.07, 6.45) is -3.60. The molecule has 0 aliphatic carbocycles. The number of alkyl halides is 3. The molecule has 1 atom stereocenters. The molecule has 8 heteroatoms. The molecule has 1 N–H and O–H groups in total. The second-order valence-electron chi connectivity index (χ2n) is 11.7. The smallest absolute Gasteiger partial charge is 0.416 e. The van der Waals surface area contributed by atoms with Gasteiger partial charge >= 0.3 is 12.1 Å². The topological polar surface area (TPSA) is 66.8 Å². The molecule has 3 aromatic carbocycles. The van der Waals surface area contributed by atoms with E-state index in [-0.39, 0.29) is 30.5 Å². The highest BCUT2D eigenvalue weighted by molar-refractivity contribution is 5.95. The van der Waals surface area contributed by atoms with Crippen LogP contribution in [0.25, 0.3) is 0 Å². The second kappa shape index (κ2) is 11.0. The molecule has 0 saturated carbocycles. The van der Waals surface area contributed by atoms with Crippen molar-refractivity contribution in [1.29, 1.82) is 0 Å². The number of nitrogens with zero attached hydrogens (tertiary/aromatic N) is 1. The largest absolute Gasteiger partial charge is 0.487 e. The van der Waals surface area contributed by atoms with Gasteiger partial charge in [0.05, 0.1) is 12.0 Å². The molecule has 0 saturated heterocycles. The Morgan fingerprint density at radius 3 is 2.27 bits per heavy atom. The fourth-order valence-corrected chi connectivity index (χ4v) is 5.04. The molecule has 1 amide bonds. The number of carboxylic acids is 1. The quantitative estimate of drug-likeness (QED) is 0.324. The number of ether oxygens (including phenoxy) is 1. The summed E-state index contributed by atoms with van der Waals surface area (Å²) in [4.78, 5) is 26.0. The van der Waals surface area contributed by atoms with Gasteiger partial charge in [0.25, 0.3) is 5.91 Å². The van der Waals surface area contributed by atoms with Gasteiger partial charge in [0.1, 0.15) is 11.4 Å². The van der Waals surface area contributed by atoms with E-state index in [0.717, 1.165) is 23.3 Å². The normalized spacial score (nSPS) is 16.8. The zero-order valence-electron chi connectivity index (χ0n) is 23.1. The maximum Gasteiger partial charge on any atom is 0.416 e. The fraction of sp³-hybridized carbons (Fsp3) is 0.375. The van der Waals surface area contributed by atoms with Crippen molar-refractivity contribution in [3.63, 3.8) is 0 Å². The molecule has 1 unspecified atom stereocenters. The summed E-state index contributed by atoms with van der Waals surface area (Å²) in [5.41, 5.74) is 2.58. The van der Waals surface area contributed by atoms with E-state index in [9.17, 15) is 27.9 Å². The number of fused-ring (bicyclic) bond motifs is 1. The van der Waals surface area contributed by atoms with E-state index in [0.29, 0.717) is 24.2 Å². The van der Waals surface area contributed by atoms with Crippen molar-refractivity contribution in [3.05, 3.63) is 100 Å². The first-order valence-corrected chi connectivity index (χ1v) is 13.2. The van der Waals surface area contributed by atoms with Crippen molar-refractivity contribution in [2.75, 3.05) is 6.54 Å². The Labute approximate surface area is 232 Å². The highest BCUT2D eigenvalue weighted by atomic mass is 19.4. The minimum Gasteiger partial charge on any atom is -0.487 e. The summed E-state index contributed by atoms with van der Waals surface area (Å²) in [7, 11) is 0. The van der Waals surface area contributed by atoms with Gasteiger partial charge in [-0.1, -0.05) is 57.2 Å². The molecule has 4 rings (SSSR count). The van der Waals surface area contributed by atoms with Gasteiger partial charge < -0.3 is 14.7 Å². The first kappa shape index (κ1) is 29.2. The Bertz CT molecular complexity index is 1390. The van der Waals surface area contributed by atoms with Crippen molar-refractivity contribution in [1.82, 2.24) is 4.90 Å². The van der Waals surface area contributed by atoms with Gasteiger partial charge in [-0.15, -0.1) is 0 Å². The second-order valence-corrected chi connectivity index (χ2v) is 11.7. The van der Waals surface area contributed by atoms with Gasteiger partial charge in [-0.25, -0.2) is 0 Å². The predicted octanol–water partition coefficient (Wildman–Crippen LogP) is 7.06. The van der Waals surface area contributed by atoms with E-state index < -0.39 is 29.2 Å². The molecule has 212 valence electrons. The molecule has 1 aliphatic rings. The van der Waals surface area contributed by atoms with E-state index in [1.165, 1.54) is 22.6 Å². The SMILES string of the molecule is CC1(Cc2ccc(C(C)(C)C)cc2)Cc2cc(C(=O)N(CCC(=O)O)Cc3cccc(C(F)(F)F)c3)ccc2O1. The lowest BCUT2D eigenvalue weighted by Crippen LogP contribution is -2.33. The molecule has 3 aromatic rings. The van der Waals surface area contributed by atoms with Gasteiger partial charge in [0, 0.05) is 31.5 Å². The van der Waals surface area contributed by atoms with Crippen LogP contribution in [0.5, 0.6) is 5.75 Å². The van der Waals surface area contributed by atoms with E-state index in [2.05, 4.69) is 45.0 Å². The Morgan fingerprint density at radius 1 is 0.950 bits per heavy atom. The molecule has 0 fully saturated rings. The highest BCUT2D eigenvalue weighted by Gasteiger charge is 2.36. The zero-order valence-corrected chi connectivity index (χ0v) is 23.1. The Hall–Kier alpha value is -3.81.